The van der Waals surface area contributed by atoms with Gasteiger partial charge in [-0.2, -0.15) is 0 Å². The van der Waals surface area contributed by atoms with Gasteiger partial charge < -0.3 is 4.42 Å². The van der Waals surface area contributed by atoms with E-state index in [0.29, 0.717) is 11.1 Å². The molecule has 0 amide bonds. The smallest absolute Gasteiger partial charge is 0.277 e. The molecule has 2 rings (SSSR count). The number of nitrogens with zero attached hydrogens (tertiary/aromatic N) is 3. The third-order valence-electron chi connectivity index (χ3n) is 2.60. The second-order valence-corrected chi connectivity index (χ2v) is 4.98. The molecule has 20 heavy (non-hydrogen) atoms. The average Bonchev–Trinajstić information content (AvgIpc) is 2.97. The predicted molar refractivity (Wildman–Crippen MR) is 83.2 cm³/mol. The first-order chi connectivity index (χ1) is 9.83. The highest BCUT2D eigenvalue weighted by atomic mass is 32.2. The van der Waals surface area contributed by atoms with Crippen LogP contribution >= 0.6 is 11.8 Å². The molecule has 0 fully saturated rings. The Bertz CT molecular complexity index is 590. The maximum Gasteiger partial charge on any atom is 0.277 e. The zero-order valence-corrected chi connectivity index (χ0v) is 12.4. The molecule has 0 saturated carbocycles. The number of aromatic nitrogens is 2. The molecule has 2 aromatic rings. The number of thioether (sulfide) groups is 1. The fraction of sp³-hybridized carbons (Fsp3) is 0.267. The molecule has 0 N–H and O–H groups in total. The molecular formula is C15H17N3OS. The van der Waals surface area contributed by atoms with E-state index < -0.39 is 0 Å². The minimum Gasteiger partial charge on any atom is -0.411 e. The summed E-state index contributed by atoms with van der Waals surface area (Å²) in [5.41, 5.74) is 1.94. The second-order valence-electron chi connectivity index (χ2n) is 4.05. The van der Waals surface area contributed by atoms with Gasteiger partial charge in [-0.15, -0.1) is 10.2 Å². The maximum atomic E-state index is 5.63. The summed E-state index contributed by atoms with van der Waals surface area (Å²) in [5.74, 6) is 1.27. The fourth-order valence-electron chi connectivity index (χ4n) is 1.54. The van der Waals surface area contributed by atoms with Crippen molar-refractivity contribution in [1.29, 1.82) is 0 Å². The molecule has 0 radical (unpaired) electrons. The zero-order valence-electron chi connectivity index (χ0n) is 11.6. The van der Waals surface area contributed by atoms with Gasteiger partial charge in [-0.05, 0) is 24.6 Å². The zero-order chi connectivity index (χ0) is 14.2. The van der Waals surface area contributed by atoms with E-state index in [1.54, 1.807) is 7.05 Å². The SMILES string of the molecule is CC/C=C\C(CSc1nnc(-c2ccccc2)o1)=NC. The Hall–Kier alpha value is -1.88. The van der Waals surface area contributed by atoms with Gasteiger partial charge in [0.15, 0.2) is 0 Å². The van der Waals surface area contributed by atoms with Crippen molar-refractivity contribution in [1.82, 2.24) is 10.2 Å². The molecule has 0 bridgehead atoms. The summed E-state index contributed by atoms with van der Waals surface area (Å²) in [6.45, 7) is 2.10. The molecule has 0 unspecified atom stereocenters. The topological polar surface area (TPSA) is 51.3 Å². The molecule has 0 aliphatic carbocycles. The Balaban J connectivity index is 1.98. The summed E-state index contributed by atoms with van der Waals surface area (Å²) in [4.78, 5) is 4.22. The number of rotatable bonds is 6. The molecule has 4 nitrogen and oxygen atoms in total. The van der Waals surface area contributed by atoms with E-state index in [0.717, 1.165) is 23.4 Å². The van der Waals surface area contributed by atoms with Crippen LogP contribution in [-0.4, -0.2) is 28.7 Å². The van der Waals surface area contributed by atoms with Gasteiger partial charge >= 0.3 is 0 Å². The monoisotopic (exact) mass is 287 g/mol. The van der Waals surface area contributed by atoms with Gasteiger partial charge in [-0.25, -0.2) is 0 Å². The quantitative estimate of drug-likeness (QED) is 0.598. The summed E-state index contributed by atoms with van der Waals surface area (Å²) in [6.07, 6.45) is 5.12. The van der Waals surface area contributed by atoms with Gasteiger partial charge in [-0.3, -0.25) is 4.99 Å². The van der Waals surface area contributed by atoms with Crippen molar-refractivity contribution in [2.45, 2.75) is 18.6 Å². The van der Waals surface area contributed by atoms with Crippen LogP contribution in [0.3, 0.4) is 0 Å². The van der Waals surface area contributed by atoms with Gasteiger partial charge in [0.1, 0.15) is 0 Å². The Kier molecular flexibility index (Phi) is 5.55. The largest absolute Gasteiger partial charge is 0.411 e. The molecule has 1 aromatic carbocycles. The summed E-state index contributed by atoms with van der Waals surface area (Å²) in [7, 11) is 1.79. The van der Waals surface area contributed by atoms with Gasteiger partial charge in [-0.1, -0.05) is 43.0 Å². The first kappa shape index (κ1) is 14.5. The van der Waals surface area contributed by atoms with Crippen LogP contribution in [0.5, 0.6) is 0 Å². The Morgan fingerprint density at radius 1 is 1.30 bits per heavy atom. The maximum absolute atomic E-state index is 5.63. The lowest BCUT2D eigenvalue weighted by Crippen LogP contribution is -1.97. The minimum absolute atomic E-state index is 0.548. The van der Waals surface area contributed by atoms with Crippen LogP contribution in [-0.2, 0) is 0 Å². The first-order valence-electron chi connectivity index (χ1n) is 6.47. The third kappa shape index (κ3) is 4.06. The van der Waals surface area contributed by atoms with Crippen LogP contribution in [0.1, 0.15) is 13.3 Å². The molecule has 5 heteroatoms. The molecule has 0 spiro atoms. The average molecular weight is 287 g/mol. The summed E-state index contributed by atoms with van der Waals surface area (Å²) < 4.78 is 5.63. The molecule has 0 aliphatic rings. The lowest BCUT2D eigenvalue weighted by molar-refractivity contribution is 0.466. The molecule has 104 valence electrons. The first-order valence-corrected chi connectivity index (χ1v) is 7.46. The molecule has 1 heterocycles. The Morgan fingerprint density at radius 2 is 2.10 bits per heavy atom. The van der Waals surface area contributed by atoms with Crippen molar-refractivity contribution in [2.24, 2.45) is 4.99 Å². The van der Waals surface area contributed by atoms with Crippen molar-refractivity contribution in [2.75, 3.05) is 12.8 Å². The minimum atomic E-state index is 0.548. The van der Waals surface area contributed by atoms with Crippen molar-refractivity contribution < 1.29 is 4.42 Å². The third-order valence-corrected chi connectivity index (χ3v) is 3.46. The normalized spacial score (nSPS) is 12.2. The van der Waals surface area contributed by atoms with Gasteiger partial charge in [0, 0.05) is 24.1 Å². The standard InChI is InChI=1S/C15H17N3OS/c1-3-4-10-13(16-2)11-20-15-18-17-14(19-15)12-8-6-5-7-9-12/h4-10H,3,11H2,1-2H3/b10-4-,16-13?. The number of hydrogen-bond donors (Lipinski definition) is 0. The number of allylic oxidation sites excluding steroid dienone is 2. The number of hydrogen-bond acceptors (Lipinski definition) is 5. The highest BCUT2D eigenvalue weighted by molar-refractivity contribution is 7.99. The second kappa shape index (κ2) is 7.65. The van der Waals surface area contributed by atoms with E-state index >= 15 is 0 Å². The van der Waals surface area contributed by atoms with Crippen LogP contribution < -0.4 is 0 Å². The summed E-state index contributed by atoms with van der Waals surface area (Å²) >= 11 is 1.50. The van der Waals surface area contributed by atoms with E-state index in [1.165, 1.54) is 11.8 Å². The van der Waals surface area contributed by atoms with Gasteiger partial charge in [0.05, 0.1) is 0 Å². The summed E-state index contributed by atoms with van der Waals surface area (Å²) in [5, 5.41) is 8.67. The van der Waals surface area contributed by atoms with E-state index in [2.05, 4.69) is 28.2 Å². The van der Waals surface area contributed by atoms with Crippen molar-refractivity contribution in [3.05, 3.63) is 42.5 Å². The van der Waals surface area contributed by atoms with E-state index in [-0.39, 0.29) is 0 Å². The van der Waals surface area contributed by atoms with Gasteiger partial charge in [0.25, 0.3) is 5.22 Å². The fourth-order valence-corrected chi connectivity index (χ4v) is 2.28. The lowest BCUT2D eigenvalue weighted by Gasteiger charge is -1.97. The number of aliphatic imine (C=N–C) groups is 1. The van der Waals surface area contributed by atoms with Crippen LogP contribution in [0.2, 0.25) is 0 Å². The summed E-state index contributed by atoms with van der Waals surface area (Å²) in [6, 6.07) is 9.75. The molecule has 0 saturated heterocycles. The van der Waals surface area contributed by atoms with E-state index in [1.807, 2.05) is 36.4 Å². The number of benzene rings is 1. The van der Waals surface area contributed by atoms with Crippen molar-refractivity contribution >= 4 is 17.5 Å². The predicted octanol–water partition coefficient (Wildman–Crippen LogP) is 3.87. The van der Waals surface area contributed by atoms with E-state index in [9.17, 15) is 0 Å². The Morgan fingerprint density at radius 3 is 2.80 bits per heavy atom. The van der Waals surface area contributed by atoms with Crippen LogP contribution in [0.25, 0.3) is 11.5 Å². The van der Waals surface area contributed by atoms with Crippen LogP contribution in [0.4, 0.5) is 0 Å². The van der Waals surface area contributed by atoms with Crippen molar-refractivity contribution in [3.8, 4) is 11.5 Å². The van der Waals surface area contributed by atoms with Gasteiger partial charge in [0.2, 0.25) is 5.89 Å². The van der Waals surface area contributed by atoms with Crippen LogP contribution in [0.15, 0.2) is 57.1 Å². The highest BCUT2D eigenvalue weighted by Gasteiger charge is 2.09. The molecule has 1 aromatic heterocycles. The van der Waals surface area contributed by atoms with E-state index in [4.69, 9.17) is 4.42 Å². The van der Waals surface area contributed by atoms with Crippen molar-refractivity contribution in [3.63, 3.8) is 0 Å². The molecular weight excluding hydrogens is 270 g/mol. The Labute approximate surface area is 123 Å². The highest BCUT2D eigenvalue weighted by Crippen LogP contribution is 2.22. The lowest BCUT2D eigenvalue weighted by atomic mass is 10.2. The molecule has 0 atom stereocenters. The molecule has 0 aliphatic heterocycles. The van der Waals surface area contributed by atoms with Crippen LogP contribution in [0, 0.1) is 0 Å².